The lowest BCUT2D eigenvalue weighted by Crippen LogP contribution is -2.34. The number of aldehydes is 1. The average Bonchev–Trinajstić information content (AvgIpc) is 2.61. The Morgan fingerprint density at radius 1 is 1.36 bits per heavy atom. The molecule has 2 atom stereocenters. The zero-order chi connectivity index (χ0) is 9.97. The van der Waals surface area contributed by atoms with Gasteiger partial charge in [0.25, 0.3) is 0 Å². The molecule has 1 aromatic carbocycles. The van der Waals surface area contributed by atoms with E-state index in [1.807, 2.05) is 30.3 Å². The fraction of sp³-hybridized carbons (Fsp3) is 0.364. The van der Waals surface area contributed by atoms with Crippen LogP contribution in [0.15, 0.2) is 30.3 Å². The quantitative estimate of drug-likeness (QED) is 0.595. The lowest BCUT2D eigenvalue weighted by atomic mass is 10.2. The van der Waals surface area contributed by atoms with Gasteiger partial charge in [0.15, 0.2) is 0 Å². The molecule has 2 nitrogen and oxygen atoms in total. The molecule has 0 spiro atoms. The van der Waals surface area contributed by atoms with E-state index in [0.717, 1.165) is 24.9 Å². The highest BCUT2D eigenvalue weighted by Crippen LogP contribution is 2.28. The van der Waals surface area contributed by atoms with Crippen molar-refractivity contribution in [2.24, 2.45) is 0 Å². The van der Waals surface area contributed by atoms with E-state index in [2.05, 4.69) is 20.8 Å². The summed E-state index contributed by atoms with van der Waals surface area (Å²) in [5, 5.41) is 0. The lowest BCUT2D eigenvalue weighted by Gasteiger charge is -2.23. The molecule has 1 aliphatic rings. The summed E-state index contributed by atoms with van der Waals surface area (Å²) in [4.78, 5) is 13.4. The standard InChI is InChI=1S/C11H12BrNO/c12-10-6-7-13(11(10)8-14)9-4-2-1-3-5-9/h1-5,8,10-11H,6-7H2. The normalized spacial score (nSPS) is 26.5. The average molecular weight is 254 g/mol. The van der Waals surface area contributed by atoms with Crippen LogP contribution in [-0.2, 0) is 4.79 Å². The third kappa shape index (κ3) is 1.69. The Morgan fingerprint density at radius 2 is 2.07 bits per heavy atom. The van der Waals surface area contributed by atoms with Crippen LogP contribution in [0, 0.1) is 0 Å². The zero-order valence-corrected chi connectivity index (χ0v) is 9.35. The van der Waals surface area contributed by atoms with Crippen LogP contribution in [0.25, 0.3) is 0 Å². The van der Waals surface area contributed by atoms with Crippen molar-refractivity contribution in [1.82, 2.24) is 0 Å². The highest BCUT2D eigenvalue weighted by atomic mass is 79.9. The first-order chi connectivity index (χ1) is 6.83. The molecule has 0 aromatic heterocycles. The smallest absolute Gasteiger partial charge is 0.143 e. The summed E-state index contributed by atoms with van der Waals surface area (Å²) in [5.41, 5.74) is 1.13. The van der Waals surface area contributed by atoms with E-state index in [1.165, 1.54) is 0 Å². The fourth-order valence-corrected chi connectivity index (χ4v) is 2.47. The number of para-hydroxylation sites is 1. The van der Waals surface area contributed by atoms with Crippen LogP contribution in [0.2, 0.25) is 0 Å². The molecule has 1 fully saturated rings. The number of nitrogens with zero attached hydrogens (tertiary/aromatic N) is 1. The van der Waals surface area contributed by atoms with E-state index in [0.29, 0.717) is 4.83 Å². The van der Waals surface area contributed by atoms with Crippen molar-refractivity contribution in [3.8, 4) is 0 Å². The van der Waals surface area contributed by atoms with Crippen LogP contribution >= 0.6 is 15.9 Å². The second-order valence-corrected chi connectivity index (χ2v) is 4.64. The third-order valence-corrected chi connectivity index (χ3v) is 3.60. The minimum absolute atomic E-state index is 0.0163. The Bertz CT molecular complexity index is 314. The summed E-state index contributed by atoms with van der Waals surface area (Å²) >= 11 is 3.53. The van der Waals surface area contributed by atoms with Gasteiger partial charge in [0, 0.05) is 17.1 Å². The molecule has 1 saturated heterocycles. The van der Waals surface area contributed by atoms with E-state index in [1.54, 1.807) is 0 Å². The van der Waals surface area contributed by atoms with Gasteiger partial charge in [0.1, 0.15) is 6.29 Å². The van der Waals surface area contributed by atoms with Gasteiger partial charge in [-0.05, 0) is 18.6 Å². The molecule has 2 unspecified atom stereocenters. The van der Waals surface area contributed by atoms with E-state index < -0.39 is 0 Å². The van der Waals surface area contributed by atoms with E-state index >= 15 is 0 Å². The van der Waals surface area contributed by atoms with Crippen molar-refractivity contribution < 1.29 is 4.79 Å². The van der Waals surface area contributed by atoms with Crippen molar-refractivity contribution in [2.75, 3.05) is 11.4 Å². The molecule has 14 heavy (non-hydrogen) atoms. The van der Waals surface area contributed by atoms with Crippen LogP contribution in [0.1, 0.15) is 6.42 Å². The van der Waals surface area contributed by atoms with E-state index in [4.69, 9.17) is 0 Å². The maximum atomic E-state index is 10.9. The molecule has 0 radical (unpaired) electrons. The van der Waals surface area contributed by atoms with Crippen molar-refractivity contribution >= 4 is 27.9 Å². The van der Waals surface area contributed by atoms with Gasteiger partial charge in [0.05, 0.1) is 6.04 Å². The summed E-state index contributed by atoms with van der Waals surface area (Å²) < 4.78 is 0. The predicted molar refractivity (Wildman–Crippen MR) is 61.0 cm³/mol. The van der Waals surface area contributed by atoms with Gasteiger partial charge in [-0.15, -0.1) is 0 Å². The Labute approximate surface area is 92.0 Å². The van der Waals surface area contributed by atoms with Gasteiger partial charge in [-0.1, -0.05) is 34.1 Å². The van der Waals surface area contributed by atoms with Crippen molar-refractivity contribution in [3.05, 3.63) is 30.3 Å². The number of halogens is 1. The zero-order valence-electron chi connectivity index (χ0n) is 7.77. The molecule has 1 aromatic rings. The Morgan fingerprint density at radius 3 is 2.71 bits per heavy atom. The summed E-state index contributed by atoms with van der Waals surface area (Å²) in [6.07, 6.45) is 2.05. The second kappa shape index (κ2) is 4.13. The fourth-order valence-electron chi connectivity index (χ4n) is 1.86. The molecule has 1 aliphatic heterocycles. The highest BCUT2D eigenvalue weighted by Gasteiger charge is 2.31. The molecule has 0 amide bonds. The number of anilines is 1. The minimum Gasteiger partial charge on any atom is -0.361 e. The number of rotatable bonds is 2. The van der Waals surface area contributed by atoms with Crippen molar-refractivity contribution in [1.29, 1.82) is 0 Å². The molecule has 1 heterocycles. The molecule has 0 saturated carbocycles. The van der Waals surface area contributed by atoms with Crippen LogP contribution in [-0.4, -0.2) is 23.7 Å². The minimum atomic E-state index is -0.0163. The molecule has 3 heteroatoms. The topological polar surface area (TPSA) is 20.3 Å². The van der Waals surface area contributed by atoms with Crippen molar-refractivity contribution in [2.45, 2.75) is 17.3 Å². The largest absolute Gasteiger partial charge is 0.361 e. The summed E-state index contributed by atoms with van der Waals surface area (Å²) in [5.74, 6) is 0. The summed E-state index contributed by atoms with van der Waals surface area (Å²) in [6, 6.07) is 10.1. The molecular formula is C11H12BrNO. The molecule has 74 valence electrons. The predicted octanol–water partition coefficient (Wildman–Crippen LogP) is 2.23. The van der Waals surface area contributed by atoms with Gasteiger partial charge in [-0.2, -0.15) is 0 Å². The van der Waals surface area contributed by atoms with Crippen LogP contribution in [0.3, 0.4) is 0 Å². The number of alkyl halides is 1. The number of carbonyl (C=O) groups is 1. The molecule has 0 aliphatic carbocycles. The summed E-state index contributed by atoms with van der Waals surface area (Å²) in [7, 11) is 0. The van der Waals surface area contributed by atoms with Crippen molar-refractivity contribution in [3.63, 3.8) is 0 Å². The maximum absolute atomic E-state index is 10.9. The number of hydrogen-bond acceptors (Lipinski definition) is 2. The second-order valence-electron chi connectivity index (χ2n) is 3.46. The van der Waals surface area contributed by atoms with E-state index in [-0.39, 0.29) is 6.04 Å². The van der Waals surface area contributed by atoms with Gasteiger partial charge in [-0.25, -0.2) is 0 Å². The van der Waals surface area contributed by atoms with Gasteiger partial charge in [-0.3, -0.25) is 0 Å². The molecular weight excluding hydrogens is 242 g/mol. The first-order valence-electron chi connectivity index (χ1n) is 4.74. The Balaban J connectivity index is 2.23. The van der Waals surface area contributed by atoms with Crippen LogP contribution < -0.4 is 4.90 Å². The number of benzene rings is 1. The monoisotopic (exact) mass is 253 g/mol. The lowest BCUT2D eigenvalue weighted by molar-refractivity contribution is -0.108. The van der Waals surface area contributed by atoms with Gasteiger partial charge >= 0.3 is 0 Å². The molecule has 0 N–H and O–H groups in total. The van der Waals surface area contributed by atoms with Gasteiger partial charge < -0.3 is 9.69 Å². The maximum Gasteiger partial charge on any atom is 0.143 e. The molecule has 2 rings (SSSR count). The van der Waals surface area contributed by atoms with Crippen LogP contribution in [0.4, 0.5) is 5.69 Å². The van der Waals surface area contributed by atoms with Gasteiger partial charge in [0.2, 0.25) is 0 Å². The Hall–Kier alpha value is -0.830. The van der Waals surface area contributed by atoms with Crippen LogP contribution in [0.5, 0.6) is 0 Å². The highest BCUT2D eigenvalue weighted by molar-refractivity contribution is 9.09. The molecule has 0 bridgehead atoms. The number of hydrogen-bond donors (Lipinski definition) is 0. The SMILES string of the molecule is O=CC1C(Br)CCN1c1ccccc1. The first-order valence-corrected chi connectivity index (χ1v) is 5.65. The van der Waals surface area contributed by atoms with E-state index in [9.17, 15) is 4.79 Å². The Kier molecular flexibility index (Phi) is 2.87. The first kappa shape index (κ1) is 9.71. The number of carbonyl (C=O) groups excluding carboxylic acids is 1. The third-order valence-electron chi connectivity index (χ3n) is 2.60. The summed E-state index contributed by atoms with van der Waals surface area (Å²) in [6.45, 7) is 0.948.